The van der Waals surface area contributed by atoms with Gasteiger partial charge in [0, 0.05) is 24.8 Å². The van der Waals surface area contributed by atoms with Crippen LogP contribution in [-0.4, -0.2) is 42.3 Å². The number of aliphatic carboxylic acids is 1. The first-order valence-corrected chi connectivity index (χ1v) is 12.3. The molecule has 3 N–H and O–H groups in total. The van der Waals surface area contributed by atoms with Crippen molar-refractivity contribution in [3.63, 3.8) is 0 Å². The third-order valence-electron chi connectivity index (χ3n) is 6.71. The zero-order valence-electron chi connectivity index (χ0n) is 19.7. The lowest BCUT2D eigenvalue weighted by Gasteiger charge is -2.25. The fourth-order valence-electron chi connectivity index (χ4n) is 4.93. The third kappa shape index (κ3) is 6.29. The summed E-state index contributed by atoms with van der Waals surface area (Å²) in [7, 11) is 0. The number of alkyl carbamates (subject to hydrolysis) is 1. The topological polar surface area (TPSA) is 105 Å². The van der Waals surface area contributed by atoms with Crippen molar-refractivity contribution in [1.29, 1.82) is 0 Å². The molecule has 2 aliphatic carbocycles. The van der Waals surface area contributed by atoms with Crippen LogP contribution >= 0.6 is 0 Å². The number of hydrogen-bond acceptors (Lipinski definition) is 4. The molecule has 2 aromatic carbocycles. The monoisotopic (exact) mass is 476 g/mol. The van der Waals surface area contributed by atoms with Crippen molar-refractivity contribution in [1.82, 2.24) is 10.6 Å². The highest BCUT2D eigenvalue weighted by atomic mass is 16.5. The van der Waals surface area contributed by atoms with Gasteiger partial charge in [-0.1, -0.05) is 67.1 Å². The van der Waals surface area contributed by atoms with Crippen LogP contribution in [0.25, 0.3) is 11.1 Å². The van der Waals surface area contributed by atoms with Crippen LogP contribution < -0.4 is 10.6 Å². The van der Waals surface area contributed by atoms with Gasteiger partial charge >= 0.3 is 12.1 Å². The van der Waals surface area contributed by atoms with Gasteiger partial charge in [0.15, 0.2) is 0 Å². The minimum Gasteiger partial charge on any atom is -0.481 e. The van der Waals surface area contributed by atoms with Gasteiger partial charge in [0.1, 0.15) is 6.61 Å². The maximum absolute atomic E-state index is 12.6. The van der Waals surface area contributed by atoms with Crippen LogP contribution in [0, 0.1) is 5.92 Å². The van der Waals surface area contributed by atoms with Crippen molar-refractivity contribution in [2.24, 2.45) is 5.92 Å². The Balaban J connectivity index is 1.23. The number of rotatable bonds is 10. The highest BCUT2D eigenvalue weighted by Crippen LogP contribution is 2.44. The second kappa shape index (κ2) is 11.7. The largest absolute Gasteiger partial charge is 0.481 e. The van der Waals surface area contributed by atoms with E-state index >= 15 is 0 Å². The van der Waals surface area contributed by atoms with E-state index in [0.29, 0.717) is 25.8 Å². The molecular formula is C28H32N2O5. The predicted octanol–water partition coefficient (Wildman–Crippen LogP) is 4.62. The Bertz CT molecular complexity index is 1050. The van der Waals surface area contributed by atoms with E-state index in [4.69, 9.17) is 9.84 Å². The standard InChI is InChI=1S/C28H32N2O5/c31-26(32)15-2-1-7-16-29-27(33)19-9-8-10-20(17-19)30-28(34)35-18-25-23-13-5-3-11-21(23)22-12-4-6-14-24(22)25/h3-6,8,10-14,19-20,25H,1-2,7,9,15-18H2,(H,29,33)(H,30,34)(H,31,32). The molecule has 7 nitrogen and oxygen atoms in total. The fraction of sp³-hybridized carbons (Fsp3) is 0.393. The molecule has 4 rings (SSSR count). The molecule has 0 aromatic heterocycles. The third-order valence-corrected chi connectivity index (χ3v) is 6.71. The summed E-state index contributed by atoms with van der Waals surface area (Å²) in [5.74, 6) is -1.04. The summed E-state index contributed by atoms with van der Waals surface area (Å²) in [5, 5.41) is 14.5. The van der Waals surface area contributed by atoms with Crippen LogP contribution in [0.5, 0.6) is 0 Å². The first-order chi connectivity index (χ1) is 17.0. The molecule has 0 fully saturated rings. The van der Waals surface area contributed by atoms with Gasteiger partial charge in [-0.15, -0.1) is 0 Å². The zero-order chi connectivity index (χ0) is 24.6. The summed E-state index contributed by atoms with van der Waals surface area (Å²) in [5.41, 5.74) is 4.70. The number of ether oxygens (including phenoxy) is 1. The summed E-state index contributed by atoms with van der Waals surface area (Å²) in [6.45, 7) is 0.783. The van der Waals surface area contributed by atoms with Crippen LogP contribution in [0.4, 0.5) is 4.79 Å². The van der Waals surface area contributed by atoms with E-state index in [1.807, 2.05) is 36.4 Å². The lowest BCUT2D eigenvalue weighted by atomic mass is 9.90. The molecule has 2 amide bonds. The van der Waals surface area contributed by atoms with Gasteiger partial charge in [-0.3, -0.25) is 9.59 Å². The smallest absolute Gasteiger partial charge is 0.407 e. The van der Waals surface area contributed by atoms with Gasteiger partial charge in [0.05, 0.1) is 6.04 Å². The number of hydrogen-bond donors (Lipinski definition) is 3. The van der Waals surface area contributed by atoms with E-state index in [1.165, 1.54) is 22.3 Å². The van der Waals surface area contributed by atoms with Crippen LogP contribution in [0.3, 0.4) is 0 Å². The number of carbonyl (C=O) groups is 3. The summed E-state index contributed by atoms with van der Waals surface area (Å²) in [6, 6.07) is 16.2. The lowest BCUT2D eigenvalue weighted by Crippen LogP contribution is -2.41. The summed E-state index contributed by atoms with van der Waals surface area (Å²) < 4.78 is 5.63. The number of carbonyl (C=O) groups excluding carboxylic acids is 2. The normalized spacial score (nSPS) is 18.4. The molecule has 0 spiro atoms. The molecule has 35 heavy (non-hydrogen) atoms. The number of fused-ring (bicyclic) bond motifs is 3. The second-order valence-electron chi connectivity index (χ2n) is 9.17. The molecule has 2 atom stereocenters. The minimum atomic E-state index is -0.794. The number of carboxylic acid groups (broad SMARTS) is 1. The van der Waals surface area contributed by atoms with Gasteiger partial charge in [-0.05, 0) is 47.9 Å². The van der Waals surface area contributed by atoms with E-state index in [1.54, 1.807) is 0 Å². The molecule has 0 heterocycles. The Morgan fingerprint density at radius 3 is 2.31 bits per heavy atom. The number of amides is 2. The molecular weight excluding hydrogens is 444 g/mol. The maximum Gasteiger partial charge on any atom is 0.407 e. The predicted molar refractivity (Wildman–Crippen MR) is 133 cm³/mol. The van der Waals surface area contributed by atoms with E-state index < -0.39 is 12.1 Å². The van der Waals surface area contributed by atoms with E-state index in [9.17, 15) is 14.4 Å². The van der Waals surface area contributed by atoms with Crippen molar-refractivity contribution in [3.8, 4) is 11.1 Å². The van der Waals surface area contributed by atoms with Gasteiger partial charge in [0.25, 0.3) is 0 Å². The second-order valence-corrected chi connectivity index (χ2v) is 9.17. The van der Waals surface area contributed by atoms with E-state index in [2.05, 4.69) is 34.9 Å². The summed E-state index contributed by atoms with van der Waals surface area (Å²) >= 11 is 0. The Morgan fingerprint density at radius 1 is 0.943 bits per heavy atom. The van der Waals surface area contributed by atoms with E-state index in [-0.39, 0.29) is 36.8 Å². The number of allylic oxidation sites excluding steroid dienone is 1. The van der Waals surface area contributed by atoms with Gasteiger partial charge in [-0.2, -0.15) is 0 Å². The molecule has 2 unspecified atom stereocenters. The first-order valence-electron chi connectivity index (χ1n) is 12.3. The Kier molecular flexibility index (Phi) is 8.19. The van der Waals surface area contributed by atoms with Gasteiger partial charge in [0.2, 0.25) is 5.91 Å². The lowest BCUT2D eigenvalue weighted by molar-refractivity contribution is -0.137. The first kappa shape index (κ1) is 24.5. The highest BCUT2D eigenvalue weighted by Gasteiger charge is 2.30. The molecule has 2 aromatic rings. The average Bonchev–Trinajstić information content (AvgIpc) is 3.18. The van der Waals surface area contributed by atoms with Gasteiger partial charge < -0.3 is 20.5 Å². The molecule has 7 heteroatoms. The highest BCUT2D eigenvalue weighted by molar-refractivity contribution is 5.80. The van der Waals surface area contributed by atoms with E-state index in [0.717, 1.165) is 12.8 Å². The number of benzene rings is 2. The van der Waals surface area contributed by atoms with Crippen LogP contribution in [0.1, 0.15) is 55.6 Å². The van der Waals surface area contributed by atoms with Crippen LogP contribution in [0.15, 0.2) is 60.7 Å². The molecule has 184 valence electrons. The van der Waals surface area contributed by atoms with Crippen molar-refractivity contribution >= 4 is 18.0 Å². The van der Waals surface area contributed by atoms with Crippen molar-refractivity contribution in [2.75, 3.05) is 13.2 Å². The van der Waals surface area contributed by atoms with Crippen molar-refractivity contribution in [3.05, 3.63) is 71.8 Å². The SMILES string of the molecule is O=C(O)CCCCCNC(=O)C1CC=CC(NC(=O)OCC2c3ccccc3-c3ccccc32)C1. The molecule has 0 saturated carbocycles. The number of nitrogens with one attached hydrogen (secondary N) is 2. The molecule has 2 aliphatic rings. The quantitative estimate of drug-likeness (QED) is 0.343. The molecule has 0 radical (unpaired) electrons. The Labute approximate surface area is 205 Å². The minimum absolute atomic E-state index is 0.00377. The summed E-state index contributed by atoms with van der Waals surface area (Å²) in [6.07, 6.45) is 6.80. The Morgan fingerprint density at radius 2 is 1.63 bits per heavy atom. The summed E-state index contributed by atoms with van der Waals surface area (Å²) in [4.78, 5) is 35.6. The zero-order valence-corrected chi connectivity index (χ0v) is 19.7. The fourth-order valence-corrected chi connectivity index (χ4v) is 4.93. The van der Waals surface area contributed by atoms with Crippen LogP contribution in [-0.2, 0) is 14.3 Å². The van der Waals surface area contributed by atoms with Gasteiger partial charge in [-0.25, -0.2) is 4.79 Å². The molecule has 0 saturated heterocycles. The molecule has 0 aliphatic heterocycles. The van der Waals surface area contributed by atoms with Crippen molar-refractivity contribution in [2.45, 2.75) is 50.5 Å². The number of unbranched alkanes of at least 4 members (excludes halogenated alkanes) is 2. The molecule has 0 bridgehead atoms. The average molecular weight is 477 g/mol. The van der Waals surface area contributed by atoms with Crippen molar-refractivity contribution < 1.29 is 24.2 Å². The Hall–Kier alpha value is -3.61. The maximum atomic E-state index is 12.6. The van der Waals surface area contributed by atoms with Crippen LogP contribution in [0.2, 0.25) is 0 Å². The number of carboxylic acids is 1.